The van der Waals surface area contributed by atoms with Crippen molar-refractivity contribution < 1.29 is 19.2 Å². The Labute approximate surface area is 206 Å². The number of anilines is 1. The average Bonchev–Trinajstić information content (AvgIpc) is 3.24. The molecule has 0 N–H and O–H groups in total. The molecule has 0 atom stereocenters. The molecule has 6 nitrogen and oxygen atoms in total. The van der Waals surface area contributed by atoms with Crippen LogP contribution in [0.3, 0.4) is 0 Å². The number of carbonyl (C=O) groups excluding carboxylic acids is 4. The third kappa shape index (κ3) is 2.50. The van der Waals surface area contributed by atoms with Crippen LogP contribution in [0.1, 0.15) is 66.4 Å². The largest absolute Gasteiger partial charge is 0.272 e. The first-order valence-electron chi connectivity index (χ1n) is 11.9. The number of hydrogen-bond acceptors (Lipinski definition) is 4. The molecule has 4 aromatic carbocycles. The van der Waals surface area contributed by atoms with E-state index < -0.39 is 23.6 Å². The van der Waals surface area contributed by atoms with E-state index in [-0.39, 0.29) is 6.04 Å². The molecule has 0 saturated carbocycles. The van der Waals surface area contributed by atoms with Crippen LogP contribution in [-0.4, -0.2) is 34.6 Å². The topological polar surface area (TPSA) is 74.8 Å². The fraction of sp³-hybridized carbons (Fsp3) is 0.133. The molecule has 2 aliphatic heterocycles. The molecule has 36 heavy (non-hydrogen) atoms. The molecule has 4 amide bonds. The Hall–Kier alpha value is -4.58. The quantitative estimate of drug-likeness (QED) is 0.330. The third-order valence-electron chi connectivity index (χ3n) is 7.48. The van der Waals surface area contributed by atoms with Gasteiger partial charge in [-0.3, -0.25) is 24.1 Å². The summed E-state index contributed by atoms with van der Waals surface area (Å²) >= 11 is 0. The second kappa shape index (κ2) is 6.98. The first kappa shape index (κ1) is 20.8. The Morgan fingerprint density at radius 3 is 1.67 bits per heavy atom. The van der Waals surface area contributed by atoms with Crippen molar-refractivity contribution in [2.45, 2.75) is 26.3 Å². The van der Waals surface area contributed by atoms with E-state index in [1.54, 1.807) is 44.2 Å². The molecule has 2 heterocycles. The van der Waals surface area contributed by atoms with E-state index in [0.29, 0.717) is 38.7 Å². The van der Waals surface area contributed by atoms with Gasteiger partial charge in [-0.25, -0.2) is 4.90 Å². The number of rotatable bonds is 2. The van der Waals surface area contributed by atoms with Crippen LogP contribution in [0.25, 0.3) is 21.9 Å². The van der Waals surface area contributed by atoms with E-state index in [1.807, 2.05) is 24.3 Å². The van der Waals surface area contributed by atoms with Crippen molar-refractivity contribution in [1.29, 1.82) is 0 Å². The number of fused-ring (bicyclic) bond motifs is 3. The van der Waals surface area contributed by atoms with E-state index >= 15 is 0 Å². The smallest absolute Gasteiger partial charge is 0.265 e. The molecule has 4 aromatic rings. The molecule has 0 unspecified atom stereocenters. The van der Waals surface area contributed by atoms with Crippen molar-refractivity contribution in [2.24, 2.45) is 0 Å². The van der Waals surface area contributed by atoms with Crippen molar-refractivity contribution >= 4 is 40.1 Å². The van der Waals surface area contributed by atoms with Gasteiger partial charge in [0.1, 0.15) is 0 Å². The van der Waals surface area contributed by atoms with Crippen LogP contribution in [0, 0.1) is 0 Å². The van der Waals surface area contributed by atoms with Gasteiger partial charge in [-0.1, -0.05) is 30.3 Å². The maximum absolute atomic E-state index is 13.7. The highest BCUT2D eigenvalue weighted by atomic mass is 16.2. The Balaban J connectivity index is 1.38. The molecular formula is C30H20N2O4. The SMILES string of the molecule is CC(C)N1C(=O)c2ccc3c4c(ccc(c24)C1=O)C(=O)N(c1ccc2c(c1)Cc1ccccc1-2)C3=O. The van der Waals surface area contributed by atoms with E-state index in [0.717, 1.165) is 17.5 Å². The highest BCUT2D eigenvalue weighted by Crippen LogP contribution is 2.42. The van der Waals surface area contributed by atoms with E-state index in [4.69, 9.17) is 0 Å². The minimum Gasteiger partial charge on any atom is -0.272 e. The second-order valence-corrected chi connectivity index (χ2v) is 9.77. The van der Waals surface area contributed by atoms with Crippen LogP contribution < -0.4 is 4.90 Å². The first-order valence-corrected chi connectivity index (χ1v) is 11.9. The second-order valence-electron chi connectivity index (χ2n) is 9.77. The van der Waals surface area contributed by atoms with Crippen molar-refractivity contribution in [3.05, 3.63) is 100 Å². The predicted molar refractivity (Wildman–Crippen MR) is 135 cm³/mol. The summed E-state index contributed by atoms with van der Waals surface area (Å²) in [7, 11) is 0. The van der Waals surface area contributed by atoms with Crippen molar-refractivity contribution in [3.63, 3.8) is 0 Å². The minimum absolute atomic E-state index is 0.313. The molecule has 174 valence electrons. The van der Waals surface area contributed by atoms with Crippen molar-refractivity contribution in [1.82, 2.24) is 4.90 Å². The molecule has 0 fully saturated rings. The zero-order valence-electron chi connectivity index (χ0n) is 19.7. The van der Waals surface area contributed by atoms with Gasteiger partial charge in [0, 0.05) is 39.1 Å². The predicted octanol–water partition coefficient (Wildman–Crippen LogP) is 5.22. The standard InChI is InChI=1S/C30H20N2O4/c1-15(2)31-27(33)21-9-11-23-26-24(12-10-22(25(21)26)28(31)34)30(36)32(29(23)35)18-7-8-20-17(14-18)13-16-5-3-4-6-19(16)20/h3-12,14-15H,13H2,1-2H3. The van der Waals surface area contributed by atoms with Gasteiger partial charge < -0.3 is 0 Å². The normalized spacial score (nSPS) is 15.8. The summed E-state index contributed by atoms with van der Waals surface area (Å²) in [5, 5.41) is 0.776. The number of hydrogen-bond donors (Lipinski definition) is 0. The van der Waals surface area contributed by atoms with Crippen LogP contribution >= 0.6 is 0 Å². The zero-order valence-corrected chi connectivity index (χ0v) is 19.7. The Morgan fingerprint density at radius 2 is 1.08 bits per heavy atom. The lowest BCUT2D eigenvalue weighted by atomic mass is 9.85. The van der Waals surface area contributed by atoms with E-state index in [1.165, 1.54) is 20.9 Å². The minimum atomic E-state index is -0.460. The number of benzene rings is 4. The lowest BCUT2D eigenvalue weighted by molar-refractivity contribution is 0.0562. The fourth-order valence-electron chi connectivity index (χ4n) is 5.87. The monoisotopic (exact) mass is 472 g/mol. The molecule has 0 spiro atoms. The molecule has 0 radical (unpaired) electrons. The molecule has 7 rings (SSSR count). The molecular weight excluding hydrogens is 452 g/mol. The van der Waals surface area contributed by atoms with Crippen molar-refractivity contribution in [3.8, 4) is 11.1 Å². The molecule has 0 saturated heterocycles. The van der Waals surface area contributed by atoms with Crippen LogP contribution in [0.5, 0.6) is 0 Å². The van der Waals surface area contributed by atoms with Gasteiger partial charge in [-0.05, 0) is 78.9 Å². The number of amides is 4. The number of imide groups is 2. The Kier molecular flexibility index (Phi) is 4.03. The average molecular weight is 473 g/mol. The maximum Gasteiger partial charge on any atom is 0.265 e. The van der Waals surface area contributed by atoms with Crippen LogP contribution in [0.2, 0.25) is 0 Å². The third-order valence-corrected chi connectivity index (χ3v) is 7.48. The zero-order chi connectivity index (χ0) is 24.9. The van der Waals surface area contributed by atoms with Crippen LogP contribution in [-0.2, 0) is 6.42 Å². The molecule has 0 bridgehead atoms. The van der Waals surface area contributed by atoms with E-state index in [2.05, 4.69) is 12.1 Å². The summed E-state index contributed by atoms with van der Waals surface area (Å²) in [6, 6.07) is 19.9. The van der Waals surface area contributed by atoms with Gasteiger partial charge in [0.2, 0.25) is 0 Å². The fourth-order valence-corrected chi connectivity index (χ4v) is 5.87. The van der Waals surface area contributed by atoms with Gasteiger partial charge in [0.15, 0.2) is 0 Å². The molecule has 0 aromatic heterocycles. The molecule has 1 aliphatic carbocycles. The summed E-state index contributed by atoms with van der Waals surface area (Å²) in [5.41, 5.74) is 6.37. The van der Waals surface area contributed by atoms with Gasteiger partial charge in [0.05, 0.1) is 5.69 Å². The Morgan fingerprint density at radius 1 is 0.583 bits per heavy atom. The number of carbonyl (C=O) groups is 4. The van der Waals surface area contributed by atoms with Gasteiger partial charge in [-0.2, -0.15) is 0 Å². The lowest BCUT2D eigenvalue weighted by Gasteiger charge is -2.33. The van der Waals surface area contributed by atoms with Gasteiger partial charge in [0.25, 0.3) is 23.6 Å². The van der Waals surface area contributed by atoms with Gasteiger partial charge >= 0.3 is 0 Å². The summed E-state index contributed by atoms with van der Waals surface area (Å²) in [6.07, 6.45) is 0.741. The van der Waals surface area contributed by atoms with Gasteiger partial charge in [-0.15, -0.1) is 0 Å². The molecule has 6 heteroatoms. The first-order chi connectivity index (χ1) is 17.4. The Bertz CT molecular complexity index is 1660. The van der Waals surface area contributed by atoms with Crippen molar-refractivity contribution in [2.75, 3.05) is 4.90 Å². The number of nitrogens with zero attached hydrogens (tertiary/aromatic N) is 2. The summed E-state index contributed by atoms with van der Waals surface area (Å²) < 4.78 is 0. The van der Waals surface area contributed by atoms with Crippen LogP contribution in [0.4, 0.5) is 5.69 Å². The highest BCUT2D eigenvalue weighted by Gasteiger charge is 2.41. The summed E-state index contributed by atoms with van der Waals surface area (Å²) in [5.74, 6) is -1.74. The maximum atomic E-state index is 13.7. The van der Waals surface area contributed by atoms with E-state index in [9.17, 15) is 19.2 Å². The molecule has 3 aliphatic rings. The lowest BCUT2D eigenvalue weighted by Crippen LogP contribution is -2.46. The highest BCUT2D eigenvalue weighted by molar-refractivity contribution is 6.39. The summed E-state index contributed by atoms with van der Waals surface area (Å²) in [6.45, 7) is 3.56. The van der Waals surface area contributed by atoms with Crippen LogP contribution in [0.15, 0.2) is 66.7 Å². The summed E-state index contributed by atoms with van der Waals surface area (Å²) in [4.78, 5) is 56.2.